The van der Waals surface area contributed by atoms with E-state index in [-0.39, 0.29) is 5.92 Å². The fraction of sp³-hybridized carbons (Fsp3) is 0.640. The maximum absolute atomic E-state index is 10.6. The lowest BCUT2D eigenvalue weighted by atomic mass is 9.94. The molecule has 1 aromatic carbocycles. The summed E-state index contributed by atoms with van der Waals surface area (Å²) in [5.74, 6) is 4.25. The van der Waals surface area contributed by atoms with Crippen LogP contribution in [0.5, 0.6) is 5.75 Å². The van der Waals surface area contributed by atoms with Crippen LogP contribution in [-0.2, 0) is 11.2 Å². The van der Waals surface area contributed by atoms with E-state index in [2.05, 4.69) is 42.7 Å². The molecule has 0 spiro atoms. The van der Waals surface area contributed by atoms with Gasteiger partial charge in [-0.3, -0.25) is 0 Å². The van der Waals surface area contributed by atoms with Gasteiger partial charge in [-0.15, -0.1) is 0 Å². The molecule has 0 radical (unpaired) electrons. The minimum atomic E-state index is 0.281. The van der Waals surface area contributed by atoms with Gasteiger partial charge in [0.15, 0.2) is 5.82 Å². The molecule has 170 valence electrons. The Hall–Kier alpha value is -2.37. The van der Waals surface area contributed by atoms with Gasteiger partial charge < -0.3 is 19.0 Å². The van der Waals surface area contributed by atoms with E-state index in [1.54, 1.807) is 0 Å². The van der Waals surface area contributed by atoms with Gasteiger partial charge in [-0.1, -0.05) is 44.5 Å². The lowest BCUT2D eigenvalue weighted by molar-refractivity contribution is -0.107. The molecule has 2 aromatic rings. The maximum Gasteiger partial charge on any atom is 0.324 e. The third-order valence-corrected chi connectivity index (χ3v) is 6.48. The number of anilines is 1. The zero-order valence-electron chi connectivity index (χ0n) is 19.4. The molecule has 3 rings (SSSR count). The van der Waals surface area contributed by atoms with Gasteiger partial charge in [-0.2, -0.15) is 4.98 Å². The summed E-state index contributed by atoms with van der Waals surface area (Å²) >= 11 is 0. The Balaban J connectivity index is 1.40. The number of hydrogen-bond acceptors (Lipinski definition) is 6. The Morgan fingerprint density at radius 1 is 1.26 bits per heavy atom. The van der Waals surface area contributed by atoms with Gasteiger partial charge in [0.1, 0.15) is 12.0 Å². The van der Waals surface area contributed by atoms with Crippen molar-refractivity contribution in [3.63, 3.8) is 0 Å². The minimum Gasteiger partial charge on any atom is -0.494 e. The van der Waals surface area contributed by atoms with Crippen LogP contribution in [0.15, 0.2) is 28.8 Å². The molecule has 0 bridgehead atoms. The van der Waals surface area contributed by atoms with E-state index in [1.165, 1.54) is 12.8 Å². The van der Waals surface area contributed by atoms with Crippen molar-refractivity contribution in [3.8, 4) is 5.75 Å². The molecule has 1 aliphatic rings. The summed E-state index contributed by atoms with van der Waals surface area (Å²) in [6, 6.07) is 8.49. The first kappa shape index (κ1) is 23.3. The molecule has 1 unspecified atom stereocenters. The van der Waals surface area contributed by atoms with Crippen molar-refractivity contribution in [1.29, 1.82) is 0 Å². The second kappa shape index (κ2) is 11.3. The first-order chi connectivity index (χ1) is 15.0. The van der Waals surface area contributed by atoms with Crippen LogP contribution in [0.1, 0.15) is 70.7 Å². The van der Waals surface area contributed by atoms with Gasteiger partial charge in [0.2, 0.25) is 0 Å². The summed E-state index contributed by atoms with van der Waals surface area (Å²) in [7, 11) is 0. The molecule has 3 atom stereocenters. The second-order valence-corrected chi connectivity index (χ2v) is 8.94. The van der Waals surface area contributed by atoms with Gasteiger partial charge in [-0.05, 0) is 61.6 Å². The van der Waals surface area contributed by atoms with Gasteiger partial charge >= 0.3 is 6.01 Å². The number of aldehydes is 1. The Morgan fingerprint density at radius 3 is 2.65 bits per heavy atom. The van der Waals surface area contributed by atoms with Crippen LogP contribution in [0.25, 0.3) is 0 Å². The van der Waals surface area contributed by atoms with Crippen LogP contribution in [0.2, 0.25) is 0 Å². The number of carbonyl (C=O) groups excluding carboxylic acids is 1. The zero-order valence-corrected chi connectivity index (χ0v) is 19.4. The third-order valence-electron chi connectivity index (χ3n) is 6.48. The topological polar surface area (TPSA) is 68.5 Å². The number of ether oxygens (including phenoxy) is 1. The number of nitrogens with zero attached hydrogens (tertiary/aromatic N) is 3. The first-order valence-electron chi connectivity index (χ1n) is 11.8. The number of aromatic nitrogens is 2. The largest absolute Gasteiger partial charge is 0.494 e. The zero-order chi connectivity index (χ0) is 22.2. The van der Waals surface area contributed by atoms with Crippen molar-refractivity contribution in [3.05, 3.63) is 35.7 Å². The van der Waals surface area contributed by atoms with E-state index in [9.17, 15) is 4.79 Å². The quantitative estimate of drug-likeness (QED) is 0.382. The van der Waals surface area contributed by atoms with Crippen LogP contribution >= 0.6 is 0 Å². The Morgan fingerprint density at radius 2 is 2.03 bits per heavy atom. The Bertz CT molecular complexity index is 803. The molecule has 31 heavy (non-hydrogen) atoms. The highest BCUT2D eigenvalue weighted by Gasteiger charge is 2.41. The van der Waals surface area contributed by atoms with Crippen molar-refractivity contribution >= 4 is 12.3 Å². The predicted octanol–water partition coefficient (Wildman–Crippen LogP) is 5.28. The summed E-state index contributed by atoms with van der Waals surface area (Å²) in [6.45, 7) is 11.2. The van der Waals surface area contributed by atoms with E-state index >= 15 is 0 Å². The fourth-order valence-electron chi connectivity index (χ4n) is 4.35. The Kier molecular flexibility index (Phi) is 8.50. The average Bonchev–Trinajstić information content (AvgIpc) is 3.35. The Labute approximate surface area is 186 Å². The van der Waals surface area contributed by atoms with Crippen molar-refractivity contribution < 1.29 is 14.1 Å². The molecular weight excluding hydrogens is 390 g/mol. The molecule has 0 aliphatic heterocycles. The van der Waals surface area contributed by atoms with E-state index in [4.69, 9.17) is 9.26 Å². The van der Waals surface area contributed by atoms with E-state index in [0.29, 0.717) is 12.4 Å². The molecule has 6 nitrogen and oxygen atoms in total. The number of carbonyl (C=O) groups is 1. The molecule has 6 heteroatoms. The normalized spacial score (nSPS) is 18.7. The van der Waals surface area contributed by atoms with Crippen molar-refractivity contribution in [2.45, 2.75) is 65.7 Å². The lowest BCUT2D eigenvalue weighted by Crippen LogP contribution is -2.26. The van der Waals surface area contributed by atoms with Gasteiger partial charge in [0.25, 0.3) is 0 Å². The van der Waals surface area contributed by atoms with Crippen LogP contribution in [0.3, 0.4) is 0 Å². The summed E-state index contributed by atoms with van der Waals surface area (Å²) in [6.07, 6.45) is 6.17. The van der Waals surface area contributed by atoms with Gasteiger partial charge in [0, 0.05) is 25.4 Å². The smallest absolute Gasteiger partial charge is 0.324 e. The molecule has 0 amide bonds. The molecular formula is C25H37N3O3. The minimum absolute atomic E-state index is 0.281. The molecule has 1 heterocycles. The monoisotopic (exact) mass is 427 g/mol. The standard InChI is InChI=1S/C25H37N3O3/c1-5-20(11-14-28(6-2)25-26-24(18(3)4)27-31-25)23-17-21(23)13-16-30-22-9-7-19(8-10-22)12-15-29/h7-10,15,18,20-21,23H,5-6,11-14,16-17H2,1-4H3/t20?,21-,23-/m1/s1. The highest BCUT2D eigenvalue weighted by atomic mass is 16.5. The van der Waals surface area contributed by atoms with Crippen molar-refractivity contribution in [2.24, 2.45) is 17.8 Å². The third kappa shape index (κ3) is 6.55. The van der Waals surface area contributed by atoms with Crippen molar-refractivity contribution in [1.82, 2.24) is 10.1 Å². The van der Waals surface area contributed by atoms with Crippen LogP contribution < -0.4 is 9.64 Å². The van der Waals surface area contributed by atoms with Crippen molar-refractivity contribution in [2.75, 3.05) is 24.6 Å². The van der Waals surface area contributed by atoms with E-state index in [0.717, 1.165) is 73.7 Å². The summed E-state index contributed by atoms with van der Waals surface area (Å²) in [5, 5.41) is 4.11. The summed E-state index contributed by atoms with van der Waals surface area (Å²) < 4.78 is 11.4. The summed E-state index contributed by atoms with van der Waals surface area (Å²) in [4.78, 5) is 17.3. The van der Waals surface area contributed by atoms with E-state index < -0.39 is 0 Å². The highest BCUT2D eigenvalue weighted by molar-refractivity contribution is 5.55. The van der Waals surface area contributed by atoms with Gasteiger partial charge in [0.05, 0.1) is 6.61 Å². The summed E-state index contributed by atoms with van der Waals surface area (Å²) in [5.41, 5.74) is 1.03. The maximum atomic E-state index is 10.6. The fourth-order valence-corrected chi connectivity index (χ4v) is 4.35. The number of rotatable bonds is 14. The van der Waals surface area contributed by atoms with Crippen LogP contribution in [-0.4, -0.2) is 36.1 Å². The van der Waals surface area contributed by atoms with E-state index in [1.807, 2.05) is 24.3 Å². The second-order valence-electron chi connectivity index (χ2n) is 8.94. The highest BCUT2D eigenvalue weighted by Crippen LogP contribution is 2.49. The average molecular weight is 428 g/mol. The lowest BCUT2D eigenvalue weighted by Gasteiger charge is -2.22. The van der Waals surface area contributed by atoms with Gasteiger partial charge in [-0.25, -0.2) is 0 Å². The molecule has 1 aromatic heterocycles. The molecule has 0 N–H and O–H groups in total. The number of hydrogen-bond donors (Lipinski definition) is 0. The molecule has 1 saturated carbocycles. The first-order valence-corrected chi connectivity index (χ1v) is 11.8. The predicted molar refractivity (Wildman–Crippen MR) is 123 cm³/mol. The number of benzene rings is 1. The molecule has 0 saturated heterocycles. The molecule has 1 aliphatic carbocycles. The SMILES string of the molecule is CCC(CCN(CC)c1nc(C(C)C)no1)[C@H]1C[C@H]1CCOc1ccc(CC=O)cc1. The molecule has 1 fully saturated rings. The van der Waals surface area contributed by atoms with Crippen LogP contribution in [0, 0.1) is 17.8 Å². The van der Waals surface area contributed by atoms with Crippen LogP contribution in [0.4, 0.5) is 6.01 Å².